The van der Waals surface area contributed by atoms with Gasteiger partial charge in [-0.05, 0) is 65.0 Å². The summed E-state index contributed by atoms with van der Waals surface area (Å²) < 4.78 is 5.38. The van der Waals surface area contributed by atoms with E-state index in [2.05, 4.69) is 17.6 Å². The first-order chi connectivity index (χ1) is 15.5. The fraction of sp³-hybridized carbons (Fsp3) is 0.640. The van der Waals surface area contributed by atoms with Gasteiger partial charge in [0.15, 0.2) is 0 Å². The summed E-state index contributed by atoms with van der Waals surface area (Å²) >= 11 is 1.59. The van der Waals surface area contributed by atoms with Crippen LogP contribution >= 0.6 is 11.8 Å². The van der Waals surface area contributed by atoms with Gasteiger partial charge in [0.05, 0.1) is 0 Å². The first-order valence-electron chi connectivity index (χ1n) is 11.7. The van der Waals surface area contributed by atoms with Crippen LogP contribution in [0.4, 0.5) is 4.79 Å². The van der Waals surface area contributed by atoms with Crippen molar-refractivity contribution in [3.8, 4) is 0 Å². The van der Waals surface area contributed by atoms with E-state index in [4.69, 9.17) is 4.74 Å². The van der Waals surface area contributed by atoms with E-state index >= 15 is 0 Å². The van der Waals surface area contributed by atoms with E-state index in [0.717, 1.165) is 24.0 Å². The van der Waals surface area contributed by atoms with Gasteiger partial charge >= 0.3 is 6.09 Å². The predicted octanol–water partition coefficient (Wildman–Crippen LogP) is 4.45. The van der Waals surface area contributed by atoms with Crippen LogP contribution in [0.3, 0.4) is 0 Å². The average molecular weight is 480 g/mol. The minimum atomic E-state index is -0.788. The van der Waals surface area contributed by atoms with Crippen LogP contribution in [0.1, 0.15) is 71.0 Å². The highest BCUT2D eigenvalue weighted by atomic mass is 32.2. The molecule has 0 aliphatic rings. The van der Waals surface area contributed by atoms with Gasteiger partial charge in [-0.25, -0.2) is 4.79 Å². The van der Waals surface area contributed by atoms with Crippen molar-refractivity contribution in [1.29, 1.82) is 0 Å². The highest BCUT2D eigenvalue weighted by Crippen LogP contribution is 2.24. The van der Waals surface area contributed by atoms with Gasteiger partial charge < -0.3 is 20.3 Å². The molecule has 0 spiro atoms. The van der Waals surface area contributed by atoms with E-state index in [9.17, 15) is 14.4 Å². The Balaban J connectivity index is 3.24. The molecule has 1 rings (SSSR count). The maximum Gasteiger partial charge on any atom is 0.408 e. The molecule has 1 aromatic carbocycles. The maximum atomic E-state index is 13.7. The number of carbonyl (C=O) groups is 3. The van der Waals surface area contributed by atoms with Gasteiger partial charge in [-0.3, -0.25) is 9.59 Å². The van der Waals surface area contributed by atoms with Crippen molar-refractivity contribution in [2.75, 3.05) is 25.1 Å². The van der Waals surface area contributed by atoms with Crippen LogP contribution in [0, 0.1) is 6.92 Å². The Kier molecular flexibility index (Phi) is 12.3. The van der Waals surface area contributed by atoms with Crippen LogP contribution in [-0.2, 0) is 14.3 Å². The molecule has 0 saturated carbocycles. The smallest absolute Gasteiger partial charge is 0.408 e. The zero-order valence-corrected chi connectivity index (χ0v) is 22.0. The van der Waals surface area contributed by atoms with Crippen LogP contribution in [0.5, 0.6) is 0 Å². The molecule has 0 aliphatic carbocycles. The fourth-order valence-corrected chi connectivity index (χ4v) is 3.79. The molecule has 2 unspecified atom stereocenters. The van der Waals surface area contributed by atoms with Crippen molar-refractivity contribution in [3.05, 3.63) is 35.4 Å². The second kappa shape index (κ2) is 14.1. The summed E-state index contributed by atoms with van der Waals surface area (Å²) in [5, 5.41) is 5.70. The summed E-state index contributed by atoms with van der Waals surface area (Å²) in [4.78, 5) is 40.9. The van der Waals surface area contributed by atoms with Gasteiger partial charge in [-0.1, -0.05) is 43.2 Å². The van der Waals surface area contributed by atoms with Gasteiger partial charge in [0, 0.05) is 13.1 Å². The summed E-state index contributed by atoms with van der Waals surface area (Å²) in [6.07, 6.45) is 3.57. The Morgan fingerprint density at radius 3 is 2.27 bits per heavy atom. The standard InChI is InChI=1S/C25H41N3O4S/c1-8-10-16-26-22(29)21(19-13-11-18(3)12-14-19)28(9-2)23(30)20(15-17-33-7)27-24(31)32-25(4,5)6/h11-14,20-21H,8-10,15-17H2,1-7H3,(H,26,29)(H,27,31). The third-order valence-corrected chi connectivity index (χ3v) is 5.65. The minimum Gasteiger partial charge on any atom is -0.444 e. The molecule has 0 aliphatic heterocycles. The second-order valence-corrected chi connectivity index (χ2v) is 10.0. The lowest BCUT2D eigenvalue weighted by Crippen LogP contribution is -2.53. The lowest BCUT2D eigenvalue weighted by atomic mass is 10.0. The second-order valence-electron chi connectivity index (χ2n) is 9.06. The summed E-state index contributed by atoms with van der Waals surface area (Å²) in [6.45, 7) is 12.1. The predicted molar refractivity (Wildman–Crippen MR) is 135 cm³/mol. The number of ether oxygens (including phenoxy) is 1. The van der Waals surface area contributed by atoms with Crippen LogP contribution in [-0.4, -0.2) is 59.5 Å². The molecule has 8 heteroatoms. The van der Waals surface area contributed by atoms with E-state index in [1.54, 1.807) is 37.4 Å². The first kappa shape index (κ1) is 28.8. The topological polar surface area (TPSA) is 87.7 Å². The van der Waals surface area contributed by atoms with Crippen molar-refractivity contribution in [1.82, 2.24) is 15.5 Å². The highest BCUT2D eigenvalue weighted by Gasteiger charge is 2.35. The molecule has 186 valence electrons. The molecular weight excluding hydrogens is 438 g/mol. The van der Waals surface area contributed by atoms with Gasteiger partial charge in [0.2, 0.25) is 11.8 Å². The molecule has 7 nitrogen and oxygen atoms in total. The monoisotopic (exact) mass is 479 g/mol. The Hall–Kier alpha value is -2.22. The summed E-state index contributed by atoms with van der Waals surface area (Å²) in [6, 6.07) is 6.07. The summed E-state index contributed by atoms with van der Waals surface area (Å²) in [5.74, 6) is 0.166. The van der Waals surface area contributed by atoms with Gasteiger partial charge in [0.1, 0.15) is 17.7 Å². The Bertz CT molecular complexity index is 762. The van der Waals surface area contributed by atoms with E-state index in [-0.39, 0.29) is 11.8 Å². The number of hydrogen-bond donors (Lipinski definition) is 2. The lowest BCUT2D eigenvalue weighted by Gasteiger charge is -2.33. The Morgan fingerprint density at radius 1 is 1.12 bits per heavy atom. The van der Waals surface area contributed by atoms with E-state index in [1.807, 2.05) is 44.4 Å². The van der Waals surface area contributed by atoms with Crippen molar-refractivity contribution >= 4 is 29.7 Å². The van der Waals surface area contributed by atoms with Crippen LogP contribution in [0.25, 0.3) is 0 Å². The number of rotatable bonds is 12. The minimum absolute atomic E-state index is 0.219. The molecule has 0 heterocycles. The largest absolute Gasteiger partial charge is 0.444 e. The quantitative estimate of drug-likeness (QED) is 0.433. The zero-order chi connectivity index (χ0) is 25.0. The number of unbranched alkanes of at least 4 members (excludes halogenated alkanes) is 1. The van der Waals surface area contributed by atoms with Gasteiger partial charge in [0.25, 0.3) is 0 Å². The van der Waals surface area contributed by atoms with Crippen molar-refractivity contribution in [3.63, 3.8) is 0 Å². The van der Waals surface area contributed by atoms with Gasteiger partial charge in [-0.2, -0.15) is 11.8 Å². The number of nitrogens with zero attached hydrogens (tertiary/aromatic N) is 1. The number of amides is 3. The number of hydrogen-bond acceptors (Lipinski definition) is 5. The maximum absolute atomic E-state index is 13.7. The molecular formula is C25H41N3O4S. The van der Waals surface area contributed by atoms with Crippen LogP contribution < -0.4 is 10.6 Å². The number of nitrogens with one attached hydrogen (secondary N) is 2. The average Bonchev–Trinajstić information content (AvgIpc) is 2.74. The highest BCUT2D eigenvalue weighted by molar-refractivity contribution is 7.98. The van der Waals surface area contributed by atoms with Crippen LogP contribution in [0.2, 0.25) is 0 Å². The van der Waals surface area contributed by atoms with E-state index in [0.29, 0.717) is 25.3 Å². The van der Waals surface area contributed by atoms with Crippen molar-refractivity contribution < 1.29 is 19.1 Å². The Labute approximate surface area is 203 Å². The molecule has 0 saturated heterocycles. The third-order valence-electron chi connectivity index (χ3n) is 5.01. The molecule has 0 fully saturated rings. The zero-order valence-electron chi connectivity index (χ0n) is 21.2. The molecule has 3 amide bonds. The molecule has 0 bridgehead atoms. The molecule has 2 N–H and O–H groups in total. The van der Waals surface area contributed by atoms with E-state index < -0.39 is 23.8 Å². The van der Waals surface area contributed by atoms with Crippen molar-refractivity contribution in [2.24, 2.45) is 0 Å². The molecule has 2 atom stereocenters. The number of thioether (sulfide) groups is 1. The SMILES string of the molecule is CCCCNC(=O)C(c1ccc(C)cc1)N(CC)C(=O)C(CCSC)NC(=O)OC(C)(C)C. The molecule has 0 radical (unpaired) electrons. The van der Waals surface area contributed by atoms with Crippen LogP contribution in [0.15, 0.2) is 24.3 Å². The fourth-order valence-electron chi connectivity index (χ4n) is 3.32. The van der Waals surface area contributed by atoms with Gasteiger partial charge in [-0.15, -0.1) is 0 Å². The van der Waals surface area contributed by atoms with E-state index in [1.165, 1.54) is 0 Å². The first-order valence-corrected chi connectivity index (χ1v) is 13.1. The number of carbonyl (C=O) groups excluding carboxylic acids is 3. The summed E-state index contributed by atoms with van der Waals surface area (Å²) in [5.41, 5.74) is 1.14. The number of alkyl carbamates (subject to hydrolysis) is 1. The number of aryl methyl sites for hydroxylation is 1. The normalized spacial score (nSPS) is 13.1. The third kappa shape index (κ3) is 10.1. The number of benzene rings is 1. The number of likely N-dealkylation sites (N-methyl/N-ethyl adjacent to an activating group) is 1. The molecule has 0 aromatic heterocycles. The van der Waals surface area contributed by atoms with Crippen molar-refractivity contribution in [2.45, 2.75) is 78.5 Å². The Morgan fingerprint density at radius 2 is 1.76 bits per heavy atom. The molecule has 1 aromatic rings. The molecule has 33 heavy (non-hydrogen) atoms. The summed E-state index contributed by atoms with van der Waals surface area (Å²) in [7, 11) is 0. The lowest BCUT2D eigenvalue weighted by molar-refractivity contribution is -0.142.